The van der Waals surface area contributed by atoms with Crippen LogP contribution in [0.1, 0.15) is 36.1 Å². The molecule has 2 N–H and O–H groups in total. The molecule has 1 atom stereocenters. The minimum absolute atomic E-state index is 0.111. The molecule has 2 aromatic heterocycles. The number of benzene rings is 2. The zero-order chi connectivity index (χ0) is 20.8. The number of nitrogens with zero attached hydrogens (tertiary/aromatic N) is 2. The molecule has 0 saturated carbocycles. The van der Waals surface area contributed by atoms with Gasteiger partial charge in [0.1, 0.15) is 17.7 Å². The van der Waals surface area contributed by atoms with Gasteiger partial charge in [-0.1, -0.05) is 5.16 Å². The Balaban J connectivity index is 1.39. The molecule has 154 valence electrons. The smallest absolute Gasteiger partial charge is 0.325 e. The number of nitrogens with one attached hydrogen (secondary N) is 1. The van der Waals surface area contributed by atoms with Crippen LogP contribution in [0.3, 0.4) is 0 Å². The van der Waals surface area contributed by atoms with Gasteiger partial charge < -0.3 is 14.6 Å². The van der Waals surface area contributed by atoms with E-state index < -0.39 is 12.0 Å². The summed E-state index contributed by atoms with van der Waals surface area (Å²) in [6.45, 7) is 1.12. The fourth-order valence-corrected chi connectivity index (χ4v) is 4.49. The van der Waals surface area contributed by atoms with Crippen molar-refractivity contribution in [1.82, 2.24) is 15.0 Å². The van der Waals surface area contributed by atoms with E-state index in [1.54, 1.807) is 18.3 Å². The second-order valence-electron chi connectivity index (χ2n) is 7.69. The van der Waals surface area contributed by atoms with Gasteiger partial charge in [0.15, 0.2) is 5.58 Å². The van der Waals surface area contributed by atoms with Crippen molar-refractivity contribution in [2.24, 2.45) is 0 Å². The molecule has 0 amide bonds. The number of H-pyrrole nitrogens is 1. The fraction of sp³-hybridized carbons (Fsp3) is 0.273. The maximum Gasteiger partial charge on any atom is 0.325 e. The van der Waals surface area contributed by atoms with Crippen LogP contribution in [0, 0.1) is 11.6 Å². The van der Waals surface area contributed by atoms with Crippen LogP contribution in [0.2, 0.25) is 0 Å². The normalized spacial score (nSPS) is 17.0. The maximum atomic E-state index is 13.5. The first-order valence-electron chi connectivity index (χ1n) is 9.79. The molecule has 4 aromatic rings. The average molecular weight is 411 g/mol. The third-order valence-electron chi connectivity index (χ3n) is 5.95. The van der Waals surface area contributed by atoms with Gasteiger partial charge in [0.05, 0.1) is 5.69 Å². The number of fused-ring (bicyclic) bond motifs is 2. The zero-order valence-electron chi connectivity index (χ0n) is 15.9. The molecule has 1 aliphatic heterocycles. The van der Waals surface area contributed by atoms with Gasteiger partial charge in [-0.05, 0) is 56.3 Å². The highest BCUT2D eigenvalue weighted by atomic mass is 19.1. The van der Waals surface area contributed by atoms with Crippen molar-refractivity contribution < 1.29 is 23.2 Å². The molecule has 1 aliphatic rings. The Morgan fingerprint density at radius 3 is 2.57 bits per heavy atom. The molecule has 0 aliphatic carbocycles. The van der Waals surface area contributed by atoms with Gasteiger partial charge in [0, 0.05) is 40.0 Å². The van der Waals surface area contributed by atoms with Crippen LogP contribution >= 0.6 is 0 Å². The number of rotatable bonds is 4. The molecule has 30 heavy (non-hydrogen) atoms. The largest absolute Gasteiger partial charge is 0.480 e. The first-order valence-corrected chi connectivity index (χ1v) is 9.79. The number of aromatic nitrogens is 2. The van der Waals surface area contributed by atoms with Crippen molar-refractivity contribution in [3.63, 3.8) is 0 Å². The van der Waals surface area contributed by atoms with Crippen LogP contribution in [0.15, 0.2) is 47.1 Å². The van der Waals surface area contributed by atoms with E-state index in [-0.39, 0.29) is 17.6 Å². The second-order valence-corrected chi connectivity index (χ2v) is 7.69. The summed E-state index contributed by atoms with van der Waals surface area (Å²) in [5.74, 6) is -1.58. The summed E-state index contributed by atoms with van der Waals surface area (Å²) >= 11 is 0. The van der Waals surface area contributed by atoms with Crippen LogP contribution in [0.25, 0.3) is 21.9 Å². The Morgan fingerprint density at radius 2 is 1.83 bits per heavy atom. The number of carboxylic acids is 1. The van der Waals surface area contributed by atoms with E-state index in [0.29, 0.717) is 48.0 Å². The van der Waals surface area contributed by atoms with Crippen LogP contribution in [-0.4, -0.2) is 39.2 Å². The third-order valence-corrected chi connectivity index (χ3v) is 5.95. The SMILES string of the molecule is O=C(O)C(c1c[nH]c2cc(F)ccc12)N1CCC(c2noc3cc(F)ccc23)CC1. The van der Waals surface area contributed by atoms with Crippen LogP contribution < -0.4 is 0 Å². The molecular formula is C22H19F2N3O3. The quantitative estimate of drug-likeness (QED) is 0.513. The first-order chi connectivity index (χ1) is 14.5. The van der Waals surface area contributed by atoms with Gasteiger partial charge in [-0.2, -0.15) is 0 Å². The molecule has 8 heteroatoms. The molecule has 0 spiro atoms. The van der Waals surface area contributed by atoms with E-state index in [1.807, 2.05) is 4.90 Å². The lowest BCUT2D eigenvalue weighted by molar-refractivity contribution is -0.144. The Labute approximate surface area is 170 Å². The lowest BCUT2D eigenvalue weighted by Gasteiger charge is -2.35. The minimum Gasteiger partial charge on any atom is -0.480 e. The molecule has 0 bridgehead atoms. The zero-order valence-corrected chi connectivity index (χ0v) is 15.9. The maximum absolute atomic E-state index is 13.5. The second kappa shape index (κ2) is 7.21. The van der Waals surface area contributed by atoms with E-state index in [1.165, 1.54) is 24.3 Å². The Kier molecular flexibility index (Phi) is 4.51. The molecule has 1 unspecified atom stereocenters. The average Bonchev–Trinajstić information content (AvgIpc) is 3.32. The Bertz CT molecular complexity index is 1240. The van der Waals surface area contributed by atoms with Crippen LogP contribution in [0.5, 0.6) is 0 Å². The number of carbonyl (C=O) groups is 1. The van der Waals surface area contributed by atoms with E-state index >= 15 is 0 Å². The van der Waals surface area contributed by atoms with E-state index in [0.717, 1.165) is 11.1 Å². The third kappa shape index (κ3) is 3.13. The summed E-state index contributed by atoms with van der Waals surface area (Å²) in [7, 11) is 0. The van der Waals surface area contributed by atoms with Crippen molar-refractivity contribution in [3.8, 4) is 0 Å². The fourth-order valence-electron chi connectivity index (χ4n) is 4.49. The highest BCUT2D eigenvalue weighted by molar-refractivity contribution is 5.89. The van der Waals surface area contributed by atoms with Gasteiger partial charge in [-0.3, -0.25) is 9.69 Å². The van der Waals surface area contributed by atoms with Crippen molar-refractivity contribution >= 4 is 27.8 Å². The number of likely N-dealkylation sites (tertiary alicyclic amines) is 1. The minimum atomic E-state index is -0.943. The van der Waals surface area contributed by atoms with Crippen molar-refractivity contribution in [2.75, 3.05) is 13.1 Å². The molecular weight excluding hydrogens is 392 g/mol. The standard InChI is InChI=1S/C22H19F2N3O3/c23-13-1-3-15-17(11-25-18(15)9-13)21(22(28)29)27-7-5-12(6-8-27)20-16-4-2-14(24)10-19(16)30-26-20/h1-4,9-12,21,25H,5-8H2,(H,28,29). The summed E-state index contributed by atoms with van der Waals surface area (Å²) < 4.78 is 32.2. The lowest BCUT2D eigenvalue weighted by atomic mass is 9.90. The number of piperidine rings is 1. The molecule has 6 nitrogen and oxygen atoms in total. The summed E-state index contributed by atoms with van der Waals surface area (Å²) in [5, 5.41) is 15.6. The van der Waals surface area contributed by atoms with Gasteiger partial charge in [0.25, 0.3) is 0 Å². The number of hydrogen-bond acceptors (Lipinski definition) is 4. The number of carboxylic acid groups (broad SMARTS) is 1. The predicted octanol–water partition coefficient (Wildman–Crippen LogP) is 4.59. The number of hydrogen-bond donors (Lipinski definition) is 2. The number of aromatic amines is 1. The van der Waals surface area contributed by atoms with Crippen molar-refractivity contribution in [2.45, 2.75) is 24.8 Å². The molecule has 0 radical (unpaired) electrons. The highest BCUT2D eigenvalue weighted by Crippen LogP contribution is 2.37. The van der Waals surface area contributed by atoms with Gasteiger partial charge in [-0.15, -0.1) is 0 Å². The summed E-state index contributed by atoms with van der Waals surface area (Å²) in [4.78, 5) is 17.0. The Hall–Kier alpha value is -3.26. The summed E-state index contributed by atoms with van der Waals surface area (Å²) in [5.41, 5.74) is 2.41. The van der Waals surface area contributed by atoms with Crippen molar-refractivity contribution in [1.29, 1.82) is 0 Å². The lowest BCUT2D eigenvalue weighted by Crippen LogP contribution is -2.39. The first kappa shape index (κ1) is 18.7. The molecule has 5 rings (SSSR count). The molecule has 3 heterocycles. The number of aliphatic carboxylic acids is 1. The summed E-state index contributed by atoms with van der Waals surface area (Å²) in [6.07, 6.45) is 3.06. The van der Waals surface area contributed by atoms with Crippen LogP contribution in [-0.2, 0) is 4.79 Å². The van der Waals surface area contributed by atoms with E-state index in [9.17, 15) is 18.7 Å². The predicted molar refractivity (Wildman–Crippen MR) is 106 cm³/mol. The van der Waals surface area contributed by atoms with Gasteiger partial charge in [0.2, 0.25) is 0 Å². The highest BCUT2D eigenvalue weighted by Gasteiger charge is 2.34. The van der Waals surface area contributed by atoms with Crippen LogP contribution in [0.4, 0.5) is 8.78 Å². The molecule has 2 aromatic carbocycles. The van der Waals surface area contributed by atoms with Gasteiger partial charge in [-0.25, -0.2) is 8.78 Å². The van der Waals surface area contributed by atoms with E-state index in [4.69, 9.17) is 4.52 Å². The molecule has 1 saturated heterocycles. The van der Waals surface area contributed by atoms with Crippen molar-refractivity contribution in [3.05, 3.63) is 65.5 Å². The number of halogens is 2. The summed E-state index contributed by atoms with van der Waals surface area (Å²) in [6, 6.07) is 7.87. The Morgan fingerprint density at radius 1 is 1.13 bits per heavy atom. The monoisotopic (exact) mass is 411 g/mol. The van der Waals surface area contributed by atoms with E-state index in [2.05, 4.69) is 10.1 Å². The topological polar surface area (TPSA) is 82.4 Å². The molecule has 1 fully saturated rings. The van der Waals surface area contributed by atoms with Gasteiger partial charge >= 0.3 is 5.97 Å².